The molecule has 0 aliphatic heterocycles. The lowest BCUT2D eigenvalue weighted by Crippen LogP contribution is -2.04. The summed E-state index contributed by atoms with van der Waals surface area (Å²) >= 11 is 0. The normalized spacial score (nSPS) is 11.8. The van der Waals surface area contributed by atoms with Crippen molar-refractivity contribution in [3.8, 4) is 11.5 Å². The van der Waals surface area contributed by atoms with Gasteiger partial charge in [-0.15, -0.1) is 0 Å². The summed E-state index contributed by atoms with van der Waals surface area (Å²) in [5.74, 6) is 0.243. The Balaban J connectivity index is 2.23. The molecule has 0 bridgehead atoms. The number of rotatable bonds is 3. The van der Waals surface area contributed by atoms with E-state index in [1.807, 2.05) is 0 Å². The molecule has 1 aromatic heterocycles. The van der Waals surface area contributed by atoms with Crippen LogP contribution in [0.3, 0.4) is 0 Å². The standard InChI is InChI=1S/C12H10F3NO2/c13-12(14,15)9-3-1-8(2-4-9)11-16-10(5-6-17)7-18-11/h1-4,7,17H,5-6H2. The average Bonchev–Trinajstić information content (AvgIpc) is 2.77. The van der Waals surface area contributed by atoms with Crippen LogP contribution in [0.15, 0.2) is 34.9 Å². The zero-order valence-electron chi connectivity index (χ0n) is 9.24. The second-order valence-electron chi connectivity index (χ2n) is 3.69. The molecule has 0 saturated heterocycles. The van der Waals surface area contributed by atoms with Gasteiger partial charge in [0, 0.05) is 18.6 Å². The molecular formula is C12H10F3NO2. The minimum absolute atomic E-state index is 0.0566. The summed E-state index contributed by atoms with van der Waals surface area (Å²) in [4.78, 5) is 4.05. The lowest BCUT2D eigenvalue weighted by molar-refractivity contribution is -0.137. The molecule has 0 aliphatic carbocycles. The van der Waals surface area contributed by atoms with E-state index >= 15 is 0 Å². The van der Waals surface area contributed by atoms with Crippen LogP contribution < -0.4 is 0 Å². The summed E-state index contributed by atoms with van der Waals surface area (Å²) in [6.45, 7) is -0.0566. The Morgan fingerprint density at radius 2 is 1.83 bits per heavy atom. The second-order valence-corrected chi connectivity index (χ2v) is 3.69. The minimum atomic E-state index is -4.35. The van der Waals surface area contributed by atoms with E-state index in [9.17, 15) is 13.2 Å². The molecule has 96 valence electrons. The highest BCUT2D eigenvalue weighted by atomic mass is 19.4. The molecule has 0 fully saturated rings. The molecular weight excluding hydrogens is 247 g/mol. The van der Waals surface area contributed by atoms with Crippen LogP contribution in [0.1, 0.15) is 11.3 Å². The summed E-state index contributed by atoms with van der Waals surface area (Å²) in [5, 5.41) is 8.72. The molecule has 0 radical (unpaired) electrons. The molecule has 0 saturated carbocycles. The first-order valence-electron chi connectivity index (χ1n) is 5.23. The quantitative estimate of drug-likeness (QED) is 0.919. The number of hydrogen-bond acceptors (Lipinski definition) is 3. The fourth-order valence-electron chi connectivity index (χ4n) is 1.47. The lowest BCUT2D eigenvalue weighted by Gasteiger charge is -2.05. The van der Waals surface area contributed by atoms with Crippen molar-refractivity contribution in [1.29, 1.82) is 0 Å². The maximum atomic E-state index is 12.4. The van der Waals surface area contributed by atoms with Gasteiger partial charge in [-0.2, -0.15) is 13.2 Å². The molecule has 6 heteroatoms. The molecule has 1 N–H and O–H groups in total. The van der Waals surface area contributed by atoms with Crippen molar-refractivity contribution < 1.29 is 22.7 Å². The highest BCUT2D eigenvalue weighted by Gasteiger charge is 2.30. The van der Waals surface area contributed by atoms with Crippen LogP contribution in [0, 0.1) is 0 Å². The van der Waals surface area contributed by atoms with Crippen molar-refractivity contribution >= 4 is 0 Å². The highest BCUT2D eigenvalue weighted by Crippen LogP contribution is 2.30. The molecule has 2 rings (SSSR count). The van der Waals surface area contributed by atoms with E-state index in [4.69, 9.17) is 9.52 Å². The van der Waals surface area contributed by atoms with Crippen LogP contribution in [0.5, 0.6) is 0 Å². The average molecular weight is 257 g/mol. The Morgan fingerprint density at radius 3 is 2.39 bits per heavy atom. The molecule has 0 spiro atoms. The van der Waals surface area contributed by atoms with Gasteiger partial charge in [0.15, 0.2) is 0 Å². The molecule has 0 amide bonds. The third kappa shape index (κ3) is 2.70. The molecule has 1 aromatic carbocycles. The third-order valence-corrected chi connectivity index (χ3v) is 2.38. The number of oxazole rings is 1. The molecule has 1 heterocycles. The summed E-state index contributed by atoms with van der Waals surface area (Å²) in [6, 6.07) is 4.56. The molecule has 2 aromatic rings. The summed E-state index contributed by atoms with van der Waals surface area (Å²) in [6.07, 6.45) is -2.62. The first-order valence-corrected chi connectivity index (χ1v) is 5.23. The summed E-state index contributed by atoms with van der Waals surface area (Å²) < 4.78 is 42.2. The zero-order valence-corrected chi connectivity index (χ0v) is 9.24. The Hall–Kier alpha value is -1.82. The number of aromatic nitrogens is 1. The van der Waals surface area contributed by atoms with Crippen molar-refractivity contribution in [3.05, 3.63) is 41.8 Å². The van der Waals surface area contributed by atoms with E-state index in [2.05, 4.69) is 4.98 Å². The van der Waals surface area contributed by atoms with Crippen molar-refractivity contribution in [2.24, 2.45) is 0 Å². The third-order valence-electron chi connectivity index (χ3n) is 2.38. The SMILES string of the molecule is OCCc1coc(-c2ccc(C(F)(F)F)cc2)n1. The second kappa shape index (κ2) is 4.81. The topological polar surface area (TPSA) is 46.3 Å². The maximum absolute atomic E-state index is 12.4. The van der Waals surface area contributed by atoms with Crippen molar-refractivity contribution in [1.82, 2.24) is 4.98 Å². The lowest BCUT2D eigenvalue weighted by atomic mass is 10.1. The predicted octanol–water partition coefficient (Wildman–Crippen LogP) is 2.90. The maximum Gasteiger partial charge on any atom is 0.416 e. The van der Waals surface area contributed by atoms with Crippen molar-refractivity contribution in [3.63, 3.8) is 0 Å². The molecule has 0 unspecified atom stereocenters. The number of nitrogens with zero attached hydrogens (tertiary/aromatic N) is 1. The summed E-state index contributed by atoms with van der Waals surface area (Å²) in [7, 11) is 0. The predicted molar refractivity (Wildman–Crippen MR) is 57.7 cm³/mol. The van der Waals surface area contributed by atoms with Crippen molar-refractivity contribution in [2.45, 2.75) is 12.6 Å². The Bertz CT molecular complexity index is 517. The van der Waals surface area contributed by atoms with E-state index in [0.29, 0.717) is 17.7 Å². The number of benzene rings is 1. The number of aliphatic hydroxyl groups is 1. The first kappa shape index (κ1) is 12.6. The first-order chi connectivity index (χ1) is 8.50. The smallest absolute Gasteiger partial charge is 0.416 e. The number of alkyl halides is 3. The van der Waals surface area contributed by atoms with E-state index < -0.39 is 11.7 Å². The van der Waals surface area contributed by atoms with Crippen molar-refractivity contribution in [2.75, 3.05) is 6.61 Å². The van der Waals surface area contributed by atoms with Gasteiger partial charge in [0.25, 0.3) is 0 Å². The van der Waals surface area contributed by atoms with Gasteiger partial charge >= 0.3 is 6.18 Å². The van der Waals surface area contributed by atoms with E-state index in [-0.39, 0.29) is 12.5 Å². The fourth-order valence-corrected chi connectivity index (χ4v) is 1.47. The highest BCUT2D eigenvalue weighted by molar-refractivity contribution is 5.53. The van der Waals surface area contributed by atoms with Gasteiger partial charge in [0.05, 0.1) is 11.3 Å². The Morgan fingerprint density at radius 1 is 1.17 bits per heavy atom. The van der Waals surface area contributed by atoms with Gasteiger partial charge in [-0.25, -0.2) is 4.98 Å². The molecule has 18 heavy (non-hydrogen) atoms. The Kier molecular flexibility index (Phi) is 3.38. The molecule has 3 nitrogen and oxygen atoms in total. The van der Waals surface area contributed by atoms with Crippen LogP contribution >= 0.6 is 0 Å². The van der Waals surface area contributed by atoms with Crippen LogP contribution in [0.4, 0.5) is 13.2 Å². The van der Waals surface area contributed by atoms with E-state index in [1.165, 1.54) is 18.4 Å². The van der Waals surface area contributed by atoms with Gasteiger partial charge < -0.3 is 9.52 Å². The molecule has 0 atom stereocenters. The van der Waals surface area contributed by atoms with Gasteiger partial charge in [0.2, 0.25) is 5.89 Å². The number of halogens is 3. The van der Waals surface area contributed by atoms with E-state index in [1.54, 1.807) is 0 Å². The van der Waals surface area contributed by atoms with Gasteiger partial charge in [-0.1, -0.05) is 0 Å². The molecule has 0 aliphatic rings. The van der Waals surface area contributed by atoms with Crippen LogP contribution in [0.25, 0.3) is 11.5 Å². The monoisotopic (exact) mass is 257 g/mol. The van der Waals surface area contributed by atoms with E-state index in [0.717, 1.165) is 12.1 Å². The van der Waals surface area contributed by atoms with Gasteiger partial charge in [0.1, 0.15) is 6.26 Å². The van der Waals surface area contributed by atoms with Crippen LogP contribution in [-0.4, -0.2) is 16.7 Å². The van der Waals surface area contributed by atoms with Crippen LogP contribution in [-0.2, 0) is 12.6 Å². The van der Waals surface area contributed by atoms with Gasteiger partial charge in [-0.05, 0) is 24.3 Å². The Labute approximate surface area is 101 Å². The fraction of sp³-hybridized carbons (Fsp3) is 0.250. The largest absolute Gasteiger partial charge is 0.444 e. The minimum Gasteiger partial charge on any atom is -0.444 e. The van der Waals surface area contributed by atoms with Crippen LogP contribution in [0.2, 0.25) is 0 Å². The zero-order chi connectivity index (χ0) is 13.2. The number of hydrogen-bond donors (Lipinski definition) is 1. The number of aliphatic hydroxyl groups excluding tert-OH is 1. The van der Waals surface area contributed by atoms with Gasteiger partial charge in [-0.3, -0.25) is 0 Å². The summed E-state index contributed by atoms with van der Waals surface area (Å²) in [5.41, 5.74) is 0.313.